The lowest BCUT2D eigenvalue weighted by Gasteiger charge is -2.34. The zero-order chi connectivity index (χ0) is 21.8. The number of carboxylic acid groups (broad SMARTS) is 1. The number of para-hydroxylation sites is 1. The second-order valence-electron chi connectivity index (χ2n) is 8.13. The van der Waals surface area contributed by atoms with Crippen molar-refractivity contribution in [2.75, 3.05) is 24.5 Å². The number of aromatic nitrogens is 2. The Kier molecular flexibility index (Phi) is 5.83. The molecule has 0 atom stereocenters. The van der Waals surface area contributed by atoms with Crippen LogP contribution in [-0.4, -0.2) is 58.0 Å². The van der Waals surface area contributed by atoms with E-state index in [1.807, 2.05) is 12.1 Å². The van der Waals surface area contributed by atoms with Crippen LogP contribution in [0.25, 0.3) is 0 Å². The van der Waals surface area contributed by atoms with Gasteiger partial charge in [-0.2, -0.15) is 0 Å². The molecule has 1 saturated heterocycles. The van der Waals surface area contributed by atoms with Gasteiger partial charge in [-0.25, -0.2) is 14.8 Å². The molecule has 2 fully saturated rings. The molecule has 2 heterocycles. The average molecular weight is 423 g/mol. The number of carboxylic acids is 1. The summed E-state index contributed by atoms with van der Waals surface area (Å²) in [4.78, 5) is 46.3. The van der Waals surface area contributed by atoms with Crippen molar-refractivity contribution in [1.29, 1.82) is 0 Å². The number of nitrogens with zero attached hydrogens (tertiary/aromatic N) is 3. The first-order chi connectivity index (χ1) is 15.0. The third kappa shape index (κ3) is 4.65. The Labute approximate surface area is 179 Å². The van der Waals surface area contributed by atoms with Gasteiger partial charge in [0.05, 0.1) is 16.8 Å². The van der Waals surface area contributed by atoms with Gasteiger partial charge >= 0.3 is 5.97 Å². The SMILES string of the molecule is O=C(NC1(C(=O)NCC2CCN(c3ccccc3C(=O)O)CC2)CC1)c1cncnc1. The van der Waals surface area contributed by atoms with Gasteiger partial charge in [0.1, 0.15) is 11.9 Å². The van der Waals surface area contributed by atoms with E-state index < -0.39 is 11.5 Å². The molecule has 0 radical (unpaired) electrons. The monoisotopic (exact) mass is 423 g/mol. The van der Waals surface area contributed by atoms with E-state index in [9.17, 15) is 19.5 Å². The van der Waals surface area contributed by atoms with Gasteiger partial charge < -0.3 is 20.6 Å². The Hall–Kier alpha value is -3.49. The van der Waals surface area contributed by atoms with Crippen LogP contribution < -0.4 is 15.5 Å². The molecule has 1 aromatic carbocycles. The quantitative estimate of drug-likeness (QED) is 0.616. The number of aromatic carboxylic acids is 1. The van der Waals surface area contributed by atoms with Gasteiger partial charge in [0, 0.05) is 32.0 Å². The molecule has 31 heavy (non-hydrogen) atoms. The maximum atomic E-state index is 12.7. The van der Waals surface area contributed by atoms with Crippen LogP contribution in [0.4, 0.5) is 5.69 Å². The van der Waals surface area contributed by atoms with Crippen LogP contribution in [0.2, 0.25) is 0 Å². The number of hydrogen-bond donors (Lipinski definition) is 3. The van der Waals surface area contributed by atoms with Crippen molar-refractivity contribution in [3.05, 3.63) is 54.1 Å². The maximum absolute atomic E-state index is 12.7. The van der Waals surface area contributed by atoms with E-state index in [1.54, 1.807) is 12.1 Å². The minimum absolute atomic E-state index is 0.156. The number of amides is 2. The van der Waals surface area contributed by atoms with Gasteiger partial charge in [-0.3, -0.25) is 9.59 Å². The highest BCUT2D eigenvalue weighted by atomic mass is 16.4. The van der Waals surface area contributed by atoms with Crippen LogP contribution >= 0.6 is 0 Å². The number of anilines is 1. The van der Waals surface area contributed by atoms with Gasteiger partial charge in [-0.05, 0) is 43.7 Å². The smallest absolute Gasteiger partial charge is 0.337 e. The van der Waals surface area contributed by atoms with Crippen molar-refractivity contribution in [3.8, 4) is 0 Å². The molecule has 9 nitrogen and oxygen atoms in total. The van der Waals surface area contributed by atoms with Gasteiger partial charge in [0.15, 0.2) is 0 Å². The van der Waals surface area contributed by atoms with E-state index in [1.165, 1.54) is 18.7 Å². The molecule has 2 aromatic rings. The third-order valence-corrected chi connectivity index (χ3v) is 6.00. The molecule has 2 amide bonds. The Morgan fingerprint density at radius 3 is 2.42 bits per heavy atom. The minimum atomic E-state index is -0.927. The highest BCUT2D eigenvalue weighted by Gasteiger charge is 2.51. The molecule has 1 aliphatic carbocycles. The van der Waals surface area contributed by atoms with Gasteiger partial charge in [0.2, 0.25) is 5.91 Å². The van der Waals surface area contributed by atoms with Gasteiger partial charge in [0.25, 0.3) is 5.91 Å². The summed E-state index contributed by atoms with van der Waals surface area (Å²) in [5.41, 5.74) is 0.538. The van der Waals surface area contributed by atoms with Crippen molar-refractivity contribution in [3.63, 3.8) is 0 Å². The second-order valence-corrected chi connectivity index (χ2v) is 8.13. The summed E-state index contributed by atoms with van der Waals surface area (Å²) in [6.45, 7) is 2.01. The summed E-state index contributed by atoms with van der Waals surface area (Å²) in [5.74, 6) is -1.12. The van der Waals surface area contributed by atoms with Crippen molar-refractivity contribution in [2.45, 2.75) is 31.2 Å². The maximum Gasteiger partial charge on any atom is 0.337 e. The number of benzene rings is 1. The fourth-order valence-corrected chi connectivity index (χ4v) is 3.95. The summed E-state index contributed by atoms with van der Waals surface area (Å²) in [6, 6.07) is 7.03. The zero-order valence-corrected chi connectivity index (χ0v) is 17.1. The van der Waals surface area contributed by atoms with Crippen LogP contribution in [0.5, 0.6) is 0 Å². The Balaban J connectivity index is 1.27. The normalized spacial score (nSPS) is 17.6. The molecule has 9 heteroatoms. The fourth-order valence-electron chi connectivity index (χ4n) is 3.95. The van der Waals surface area contributed by atoms with Crippen LogP contribution in [0.1, 0.15) is 46.4 Å². The first-order valence-electron chi connectivity index (χ1n) is 10.4. The number of carbonyl (C=O) groups excluding carboxylic acids is 2. The van der Waals surface area contributed by atoms with Crippen molar-refractivity contribution < 1.29 is 19.5 Å². The highest BCUT2D eigenvalue weighted by Crippen LogP contribution is 2.36. The van der Waals surface area contributed by atoms with Crippen molar-refractivity contribution >= 4 is 23.5 Å². The van der Waals surface area contributed by atoms with E-state index >= 15 is 0 Å². The number of hydrogen-bond acceptors (Lipinski definition) is 6. The third-order valence-electron chi connectivity index (χ3n) is 6.00. The molecule has 2 aliphatic rings. The Bertz CT molecular complexity index is 969. The molecule has 0 spiro atoms. The molecule has 1 saturated carbocycles. The number of carbonyl (C=O) groups is 3. The summed E-state index contributed by atoms with van der Waals surface area (Å²) >= 11 is 0. The summed E-state index contributed by atoms with van der Waals surface area (Å²) in [7, 11) is 0. The van der Waals surface area contributed by atoms with E-state index in [4.69, 9.17) is 0 Å². The largest absolute Gasteiger partial charge is 0.478 e. The molecular formula is C22H25N5O4. The molecule has 3 N–H and O–H groups in total. The lowest BCUT2D eigenvalue weighted by Crippen LogP contribution is -2.50. The van der Waals surface area contributed by atoms with Crippen LogP contribution in [0.15, 0.2) is 43.0 Å². The van der Waals surface area contributed by atoms with E-state index in [-0.39, 0.29) is 11.8 Å². The number of piperidine rings is 1. The van der Waals surface area contributed by atoms with Crippen molar-refractivity contribution in [1.82, 2.24) is 20.6 Å². The fraction of sp³-hybridized carbons (Fsp3) is 0.409. The van der Waals surface area contributed by atoms with Crippen LogP contribution in [0.3, 0.4) is 0 Å². The van der Waals surface area contributed by atoms with Gasteiger partial charge in [-0.1, -0.05) is 12.1 Å². The standard InChI is InChI=1S/C22H25N5O4/c28-19(16-12-23-14-24-13-16)26-22(7-8-22)21(31)25-11-15-5-9-27(10-6-15)18-4-2-1-3-17(18)20(29)30/h1-4,12-15H,5-11H2,(H,25,31)(H,26,28)(H,29,30). The average Bonchev–Trinajstić information content (AvgIpc) is 3.59. The number of nitrogens with one attached hydrogen (secondary N) is 2. The molecule has 0 bridgehead atoms. The minimum Gasteiger partial charge on any atom is -0.478 e. The topological polar surface area (TPSA) is 125 Å². The summed E-state index contributed by atoms with van der Waals surface area (Å²) in [5, 5.41) is 15.2. The second kappa shape index (κ2) is 8.71. The van der Waals surface area contributed by atoms with Gasteiger partial charge in [-0.15, -0.1) is 0 Å². The molecular weight excluding hydrogens is 398 g/mol. The highest BCUT2D eigenvalue weighted by molar-refractivity contribution is 6.00. The lowest BCUT2D eigenvalue weighted by molar-refractivity contribution is -0.124. The Morgan fingerprint density at radius 1 is 1.10 bits per heavy atom. The molecule has 1 aromatic heterocycles. The Morgan fingerprint density at radius 2 is 1.77 bits per heavy atom. The summed E-state index contributed by atoms with van der Waals surface area (Å²) < 4.78 is 0. The predicted octanol–water partition coefficient (Wildman–Crippen LogP) is 1.47. The van der Waals surface area contributed by atoms with E-state index in [0.29, 0.717) is 36.4 Å². The van der Waals surface area contributed by atoms with E-state index in [0.717, 1.165) is 31.6 Å². The van der Waals surface area contributed by atoms with Crippen molar-refractivity contribution in [2.24, 2.45) is 5.92 Å². The van der Waals surface area contributed by atoms with E-state index in [2.05, 4.69) is 25.5 Å². The molecule has 162 valence electrons. The zero-order valence-electron chi connectivity index (χ0n) is 17.1. The first kappa shape index (κ1) is 20.8. The van der Waals surface area contributed by atoms with Crippen LogP contribution in [-0.2, 0) is 4.79 Å². The first-order valence-corrected chi connectivity index (χ1v) is 10.4. The predicted molar refractivity (Wildman–Crippen MR) is 113 cm³/mol. The summed E-state index contributed by atoms with van der Waals surface area (Å²) in [6.07, 6.45) is 7.14. The molecule has 4 rings (SSSR count). The molecule has 0 unspecified atom stereocenters. The van der Waals surface area contributed by atoms with Crippen LogP contribution in [0, 0.1) is 5.92 Å². The lowest BCUT2D eigenvalue weighted by atomic mass is 9.95. The molecule has 1 aliphatic heterocycles. The number of rotatable bonds is 7.